The number of nitrogens with zero attached hydrogens (tertiary/aromatic N) is 4. The van der Waals surface area contributed by atoms with Crippen LogP contribution in [0.1, 0.15) is 30.0 Å². The van der Waals surface area contributed by atoms with Crippen molar-refractivity contribution >= 4 is 11.9 Å². The zero-order valence-corrected chi connectivity index (χ0v) is 13.3. The van der Waals surface area contributed by atoms with E-state index < -0.39 is 5.97 Å². The van der Waals surface area contributed by atoms with Gasteiger partial charge in [0.25, 0.3) is 0 Å². The van der Waals surface area contributed by atoms with Crippen LogP contribution in [0.5, 0.6) is 0 Å². The summed E-state index contributed by atoms with van der Waals surface area (Å²) in [5.74, 6) is -0.712. The summed E-state index contributed by atoms with van der Waals surface area (Å²) in [6.07, 6.45) is 7.20. The van der Waals surface area contributed by atoms with Crippen LogP contribution in [0, 0.1) is 0 Å². The van der Waals surface area contributed by atoms with Crippen molar-refractivity contribution in [3.05, 3.63) is 48.0 Å². The summed E-state index contributed by atoms with van der Waals surface area (Å²) in [5, 5.41) is 13.1. The third-order valence-electron chi connectivity index (χ3n) is 4.30. The monoisotopic (exact) mass is 328 g/mol. The predicted octanol–water partition coefficient (Wildman–Crippen LogP) is 1.31. The van der Waals surface area contributed by atoms with Crippen LogP contribution in [-0.4, -0.2) is 49.7 Å². The molecule has 7 nitrogen and oxygen atoms in total. The molecule has 1 aliphatic rings. The standard InChI is InChI=1S/C17H20N4O3/c22-16(9-13-3-1-6-18-10-13)20-8-2-4-14(11-20)15-5-7-19-21(15)12-17(23)24/h1,3,5-7,10,14H,2,4,8-9,11-12H2,(H,23,24). The van der Waals surface area contributed by atoms with Crippen molar-refractivity contribution in [3.63, 3.8) is 0 Å². The van der Waals surface area contributed by atoms with Crippen LogP contribution in [0.3, 0.4) is 0 Å². The van der Waals surface area contributed by atoms with E-state index in [0.717, 1.165) is 30.6 Å². The molecule has 0 aromatic carbocycles. The lowest BCUT2D eigenvalue weighted by atomic mass is 9.94. The Balaban J connectivity index is 1.67. The van der Waals surface area contributed by atoms with Crippen LogP contribution in [-0.2, 0) is 22.6 Å². The van der Waals surface area contributed by atoms with Gasteiger partial charge in [-0.1, -0.05) is 6.07 Å². The zero-order chi connectivity index (χ0) is 16.9. The lowest BCUT2D eigenvalue weighted by molar-refractivity contribution is -0.138. The number of aliphatic carboxylic acids is 1. The third kappa shape index (κ3) is 3.79. The molecule has 0 bridgehead atoms. The number of carboxylic acid groups (broad SMARTS) is 1. The van der Waals surface area contributed by atoms with Crippen LogP contribution >= 0.6 is 0 Å². The van der Waals surface area contributed by atoms with E-state index >= 15 is 0 Å². The second kappa shape index (κ2) is 7.25. The molecule has 0 spiro atoms. The maximum atomic E-state index is 12.5. The molecular weight excluding hydrogens is 308 g/mol. The van der Waals surface area contributed by atoms with Crippen LogP contribution in [0.25, 0.3) is 0 Å². The molecule has 1 amide bonds. The highest BCUT2D eigenvalue weighted by molar-refractivity contribution is 5.78. The number of carbonyl (C=O) groups is 2. The summed E-state index contributed by atoms with van der Waals surface area (Å²) in [6.45, 7) is 1.19. The first-order valence-corrected chi connectivity index (χ1v) is 8.03. The van der Waals surface area contributed by atoms with Gasteiger partial charge in [-0.25, -0.2) is 0 Å². The Morgan fingerprint density at radius 1 is 1.29 bits per heavy atom. The minimum atomic E-state index is -0.916. The van der Waals surface area contributed by atoms with Crippen LogP contribution in [0.15, 0.2) is 36.8 Å². The fourth-order valence-corrected chi connectivity index (χ4v) is 3.18. The molecule has 1 unspecified atom stereocenters. The molecule has 1 saturated heterocycles. The molecule has 7 heteroatoms. The van der Waals surface area contributed by atoms with Gasteiger partial charge < -0.3 is 10.0 Å². The molecule has 0 radical (unpaired) electrons. The molecule has 24 heavy (non-hydrogen) atoms. The maximum Gasteiger partial charge on any atom is 0.325 e. The quantitative estimate of drug-likeness (QED) is 0.894. The number of aromatic nitrogens is 3. The number of likely N-dealkylation sites (tertiary alicyclic amines) is 1. The molecule has 1 aliphatic heterocycles. The van der Waals surface area contributed by atoms with E-state index in [1.54, 1.807) is 18.6 Å². The number of carbonyl (C=O) groups excluding carboxylic acids is 1. The number of rotatable bonds is 5. The van der Waals surface area contributed by atoms with Crippen LogP contribution in [0.2, 0.25) is 0 Å². The number of hydrogen-bond acceptors (Lipinski definition) is 4. The van der Waals surface area contributed by atoms with Crippen molar-refractivity contribution in [2.75, 3.05) is 13.1 Å². The topological polar surface area (TPSA) is 88.3 Å². The van der Waals surface area contributed by atoms with Gasteiger partial charge in [-0.15, -0.1) is 0 Å². The summed E-state index contributed by atoms with van der Waals surface area (Å²) in [4.78, 5) is 29.4. The average molecular weight is 328 g/mol. The lowest BCUT2D eigenvalue weighted by Crippen LogP contribution is -2.40. The molecular formula is C17H20N4O3. The van der Waals surface area contributed by atoms with Gasteiger partial charge in [-0.2, -0.15) is 5.10 Å². The Morgan fingerprint density at radius 3 is 2.92 bits per heavy atom. The van der Waals surface area contributed by atoms with E-state index in [4.69, 9.17) is 5.11 Å². The third-order valence-corrected chi connectivity index (χ3v) is 4.30. The molecule has 0 aliphatic carbocycles. The van der Waals surface area contributed by atoms with Gasteiger partial charge in [0.15, 0.2) is 0 Å². The Labute approximate surface area is 139 Å². The largest absolute Gasteiger partial charge is 0.480 e. The zero-order valence-electron chi connectivity index (χ0n) is 13.3. The number of hydrogen-bond donors (Lipinski definition) is 1. The highest BCUT2D eigenvalue weighted by atomic mass is 16.4. The van der Waals surface area contributed by atoms with E-state index in [1.807, 2.05) is 23.1 Å². The molecule has 3 rings (SSSR count). The van der Waals surface area contributed by atoms with Gasteiger partial charge >= 0.3 is 5.97 Å². The Hall–Kier alpha value is -2.70. The summed E-state index contributed by atoms with van der Waals surface area (Å²) in [6, 6.07) is 5.57. The van der Waals surface area contributed by atoms with Crippen molar-refractivity contribution in [2.24, 2.45) is 0 Å². The van der Waals surface area contributed by atoms with Crippen LogP contribution < -0.4 is 0 Å². The predicted molar refractivity (Wildman–Crippen MR) is 86.4 cm³/mol. The van der Waals surface area contributed by atoms with E-state index in [-0.39, 0.29) is 18.4 Å². The Morgan fingerprint density at radius 2 is 2.17 bits per heavy atom. The second-order valence-electron chi connectivity index (χ2n) is 6.02. The van der Waals surface area contributed by atoms with E-state index in [1.165, 1.54) is 4.68 Å². The van der Waals surface area contributed by atoms with Crippen molar-refractivity contribution < 1.29 is 14.7 Å². The van der Waals surface area contributed by atoms with E-state index in [2.05, 4.69) is 10.1 Å². The van der Waals surface area contributed by atoms with E-state index in [0.29, 0.717) is 13.0 Å². The first-order valence-electron chi connectivity index (χ1n) is 8.03. The number of piperidine rings is 1. The van der Waals surface area contributed by atoms with Gasteiger partial charge in [-0.3, -0.25) is 19.3 Å². The van der Waals surface area contributed by atoms with Crippen molar-refractivity contribution in [3.8, 4) is 0 Å². The van der Waals surface area contributed by atoms with Gasteiger partial charge in [-0.05, 0) is 30.5 Å². The molecule has 2 aromatic rings. The minimum Gasteiger partial charge on any atom is -0.480 e. The fourth-order valence-electron chi connectivity index (χ4n) is 3.18. The highest BCUT2D eigenvalue weighted by Gasteiger charge is 2.27. The van der Waals surface area contributed by atoms with Crippen molar-refractivity contribution in [2.45, 2.75) is 31.7 Å². The smallest absolute Gasteiger partial charge is 0.325 e. The number of pyridine rings is 1. The highest BCUT2D eigenvalue weighted by Crippen LogP contribution is 2.27. The average Bonchev–Trinajstić information content (AvgIpc) is 3.03. The minimum absolute atomic E-state index is 0.0806. The number of carboxylic acids is 1. The van der Waals surface area contributed by atoms with E-state index in [9.17, 15) is 9.59 Å². The van der Waals surface area contributed by atoms with Gasteiger partial charge in [0.05, 0.1) is 6.42 Å². The molecule has 2 aromatic heterocycles. The Kier molecular flexibility index (Phi) is 4.88. The SMILES string of the molecule is O=C(O)Cn1nccc1C1CCCN(C(=O)Cc2cccnc2)C1. The molecule has 126 valence electrons. The summed E-state index contributed by atoms with van der Waals surface area (Å²) < 4.78 is 1.52. The lowest BCUT2D eigenvalue weighted by Gasteiger charge is -2.33. The Bertz CT molecular complexity index is 714. The summed E-state index contributed by atoms with van der Waals surface area (Å²) in [7, 11) is 0. The van der Waals surface area contributed by atoms with Crippen molar-refractivity contribution in [1.82, 2.24) is 19.7 Å². The molecule has 3 heterocycles. The van der Waals surface area contributed by atoms with Crippen LogP contribution in [0.4, 0.5) is 0 Å². The number of amides is 1. The van der Waals surface area contributed by atoms with Gasteiger partial charge in [0.2, 0.25) is 5.91 Å². The summed E-state index contributed by atoms with van der Waals surface area (Å²) >= 11 is 0. The first kappa shape index (κ1) is 16.2. The van der Waals surface area contributed by atoms with Gasteiger partial charge in [0.1, 0.15) is 6.54 Å². The molecule has 1 fully saturated rings. The summed E-state index contributed by atoms with van der Waals surface area (Å²) in [5.41, 5.74) is 1.79. The fraction of sp³-hybridized carbons (Fsp3) is 0.412. The molecule has 0 saturated carbocycles. The first-order chi connectivity index (χ1) is 11.6. The van der Waals surface area contributed by atoms with Crippen molar-refractivity contribution in [1.29, 1.82) is 0 Å². The second-order valence-corrected chi connectivity index (χ2v) is 6.02. The normalized spacial score (nSPS) is 17.7. The molecule has 1 N–H and O–H groups in total. The maximum absolute atomic E-state index is 12.5. The van der Waals surface area contributed by atoms with Gasteiger partial charge in [0, 0.05) is 43.3 Å². The molecule has 1 atom stereocenters.